The number of amides is 1. The molecule has 3 heterocycles. The van der Waals surface area contributed by atoms with E-state index in [1.54, 1.807) is 6.20 Å². The molecule has 2 N–H and O–H groups in total. The zero-order chi connectivity index (χ0) is 18.5. The molecule has 1 amide bonds. The Hall–Kier alpha value is -2.73. The summed E-state index contributed by atoms with van der Waals surface area (Å²) in [6.07, 6.45) is 4.98. The lowest BCUT2D eigenvalue weighted by atomic mass is 9.94. The monoisotopic (exact) mass is 363 g/mol. The van der Waals surface area contributed by atoms with Crippen LogP contribution in [-0.2, 0) is 17.8 Å². The van der Waals surface area contributed by atoms with Gasteiger partial charge in [-0.2, -0.15) is 0 Å². The number of aromatic amines is 1. The number of fused-ring (bicyclic) bond motifs is 1. The molecule has 0 saturated carbocycles. The molecule has 1 aliphatic rings. The molecule has 1 saturated heterocycles. The summed E-state index contributed by atoms with van der Waals surface area (Å²) in [5.41, 5.74) is 3.00. The summed E-state index contributed by atoms with van der Waals surface area (Å²) in [5, 5.41) is 2.97. The van der Waals surface area contributed by atoms with Gasteiger partial charge in [0.2, 0.25) is 5.91 Å². The van der Waals surface area contributed by atoms with E-state index in [1.165, 1.54) is 6.42 Å². The predicted octanol–water partition coefficient (Wildman–Crippen LogP) is 2.53. The van der Waals surface area contributed by atoms with Crippen molar-refractivity contribution in [2.24, 2.45) is 5.92 Å². The summed E-state index contributed by atoms with van der Waals surface area (Å²) in [6.45, 7) is 2.85. The summed E-state index contributed by atoms with van der Waals surface area (Å²) in [6, 6.07) is 13.9. The SMILES string of the molecule is O=C(CN1CCC[C@@H](Cc2nc3ccccc3[nH]2)C1)NCc1ccccn1. The van der Waals surface area contributed by atoms with Crippen LogP contribution in [0.2, 0.25) is 0 Å². The first-order valence-corrected chi connectivity index (χ1v) is 9.59. The van der Waals surface area contributed by atoms with Crippen molar-refractivity contribution < 1.29 is 4.79 Å². The molecule has 0 bridgehead atoms. The number of nitrogens with zero attached hydrogens (tertiary/aromatic N) is 3. The van der Waals surface area contributed by atoms with Crippen molar-refractivity contribution in [3.05, 3.63) is 60.2 Å². The molecule has 6 nitrogen and oxygen atoms in total. The van der Waals surface area contributed by atoms with E-state index in [4.69, 9.17) is 4.98 Å². The van der Waals surface area contributed by atoms with Crippen LogP contribution in [0.3, 0.4) is 0 Å². The molecule has 1 aromatic carbocycles. The molecule has 1 fully saturated rings. The van der Waals surface area contributed by atoms with E-state index in [0.29, 0.717) is 19.0 Å². The summed E-state index contributed by atoms with van der Waals surface area (Å²) in [4.78, 5) is 26.9. The predicted molar refractivity (Wildman–Crippen MR) is 105 cm³/mol. The molecular formula is C21H25N5O. The van der Waals surface area contributed by atoms with Crippen LogP contribution in [0.4, 0.5) is 0 Å². The minimum absolute atomic E-state index is 0.0602. The number of benzene rings is 1. The number of nitrogens with one attached hydrogen (secondary N) is 2. The van der Waals surface area contributed by atoms with Crippen LogP contribution in [0.25, 0.3) is 11.0 Å². The van der Waals surface area contributed by atoms with E-state index in [1.807, 2.05) is 36.4 Å². The standard InChI is InChI=1S/C21H25N5O/c27-21(23-13-17-7-3-4-10-22-17)15-26-11-5-6-16(14-26)12-20-24-18-8-1-2-9-19(18)25-20/h1-4,7-10,16H,5-6,11-15H2,(H,23,27)(H,24,25)/t16-/m0/s1. The third-order valence-electron chi connectivity index (χ3n) is 5.08. The van der Waals surface area contributed by atoms with Gasteiger partial charge >= 0.3 is 0 Å². The smallest absolute Gasteiger partial charge is 0.234 e. The second-order valence-electron chi connectivity index (χ2n) is 7.25. The molecular weight excluding hydrogens is 338 g/mol. The Bertz CT molecular complexity index is 859. The number of imidazole rings is 1. The second kappa shape index (κ2) is 8.31. The van der Waals surface area contributed by atoms with Crippen molar-refractivity contribution in [3.8, 4) is 0 Å². The highest BCUT2D eigenvalue weighted by molar-refractivity contribution is 5.78. The number of hydrogen-bond acceptors (Lipinski definition) is 4. The van der Waals surface area contributed by atoms with Crippen LogP contribution in [0.15, 0.2) is 48.7 Å². The van der Waals surface area contributed by atoms with Gasteiger partial charge in [0.15, 0.2) is 0 Å². The molecule has 0 aliphatic carbocycles. The molecule has 27 heavy (non-hydrogen) atoms. The largest absolute Gasteiger partial charge is 0.349 e. The van der Waals surface area contributed by atoms with Crippen molar-refractivity contribution >= 4 is 16.9 Å². The van der Waals surface area contributed by atoms with Gasteiger partial charge in [0.05, 0.1) is 29.8 Å². The van der Waals surface area contributed by atoms with Crippen LogP contribution in [-0.4, -0.2) is 45.4 Å². The zero-order valence-electron chi connectivity index (χ0n) is 15.4. The quantitative estimate of drug-likeness (QED) is 0.706. The highest BCUT2D eigenvalue weighted by atomic mass is 16.2. The number of rotatable bonds is 6. The number of H-pyrrole nitrogens is 1. The molecule has 4 rings (SSSR count). The number of aromatic nitrogens is 3. The Morgan fingerprint density at radius 3 is 2.96 bits per heavy atom. The summed E-state index contributed by atoms with van der Waals surface area (Å²) < 4.78 is 0. The van der Waals surface area contributed by atoms with Gasteiger partial charge in [-0.05, 0) is 49.6 Å². The van der Waals surface area contributed by atoms with Gasteiger partial charge in [0.25, 0.3) is 0 Å². The summed E-state index contributed by atoms with van der Waals surface area (Å²) in [7, 11) is 0. The Balaban J connectivity index is 1.28. The minimum atomic E-state index is 0.0602. The first-order valence-electron chi connectivity index (χ1n) is 9.59. The van der Waals surface area contributed by atoms with Gasteiger partial charge in [-0.1, -0.05) is 18.2 Å². The van der Waals surface area contributed by atoms with Gasteiger partial charge < -0.3 is 10.3 Å². The molecule has 2 aromatic heterocycles. The molecule has 140 valence electrons. The molecule has 0 spiro atoms. The first kappa shape index (κ1) is 17.7. The van der Waals surface area contributed by atoms with E-state index in [-0.39, 0.29) is 5.91 Å². The van der Waals surface area contributed by atoms with Gasteiger partial charge in [-0.25, -0.2) is 4.98 Å². The van der Waals surface area contributed by atoms with Crippen molar-refractivity contribution in [1.82, 2.24) is 25.2 Å². The minimum Gasteiger partial charge on any atom is -0.349 e. The van der Waals surface area contributed by atoms with E-state index in [2.05, 4.69) is 26.3 Å². The van der Waals surface area contributed by atoms with Gasteiger partial charge in [0.1, 0.15) is 5.82 Å². The average Bonchev–Trinajstić information content (AvgIpc) is 3.10. The van der Waals surface area contributed by atoms with Crippen molar-refractivity contribution in [1.29, 1.82) is 0 Å². The van der Waals surface area contributed by atoms with Gasteiger partial charge in [-0.3, -0.25) is 14.7 Å². The molecule has 3 aromatic rings. The maximum atomic E-state index is 12.3. The average molecular weight is 363 g/mol. The zero-order valence-corrected chi connectivity index (χ0v) is 15.4. The maximum Gasteiger partial charge on any atom is 0.234 e. The van der Waals surface area contributed by atoms with Crippen LogP contribution < -0.4 is 5.32 Å². The Morgan fingerprint density at radius 1 is 1.22 bits per heavy atom. The summed E-state index contributed by atoms with van der Waals surface area (Å²) in [5.74, 6) is 1.63. The maximum absolute atomic E-state index is 12.3. The third-order valence-corrected chi connectivity index (χ3v) is 5.08. The Labute approximate surface area is 159 Å². The van der Waals surface area contributed by atoms with Crippen LogP contribution in [0.1, 0.15) is 24.4 Å². The third kappa shape index (κ3) is 4.71. The van der Waals surface area contributed by atoms with Gasteiger partial charge in [-0.15, -0.1) is 0 Å². The lowest BCUT2D eigenvalue weighted by molar-refractivity contribution is -0.122. The molecule has 0 unspecified atom stereocenters. The Morgan fingerprint density at radius 2 is 2.11 bits per heavy atom. The number of pyridine rings is 1. The summed E-state index contributed by atoms with van der Waals surface area (Å²) >= 11 is 0. The highest BCUT2D eigenvalue weighted by Crippen LogP contribution is 2.21. The lowest BCUT2D eigenvalue weighted by Gasteiger charge is -2.31. The van der Waals surface area contributed by atoms with E-state index in [0.717, 1.165) is 48.5 Å². The van der Waals surface area contributed by atoms with E-state index in [9.17, 15) is 4.79 Å². The molecule has 0 radical (unpaired) electrons. The van der Waals surface area contributed by atoms with E-state index >= 15 is 0 Å². The number of likely N-dealkylation sites (tertiary alicyclic amines) is 1. The first-order chi connectivity index (χ1) is 13.3. The lowest BCUT2D eigenvalue weighted by Crippen LogP contribution is -2.42. The van der Waals surface area contributed by atoms with Crippen LogP contribution >= 0.6 is 0 Å². The second-order valence-corrected chi connectivity index (χ2v) is 7.25. The van der Waals surface area contributed by atoms with Crippen molar-refractivity contribution in [2.45, 2.75) is 25.8 Å². The number of para-hydroxylation sites is 2. The fourth-order valence-corrected chi connectivity index (χ4v) is 3.79. The van der Waals surface area contributed by atoms with Crippen molar-refractivity contribution in [3.63, 3.8) is 0 Å². The fraction of sp³-hybridized carbons (Fsp3) is 0.381. The molecule has 6 heteroatoms. The van der Waals surface area contributed by atoms with Gasteiger partial charge in [0, 0.05) is 19.2 Å². The van der Waals surface area contributed by atoms with E-state index < -0.39 is 0 Å². The normalized spacial score (nSPS) is 17.9. The van der Waals surface area contributed by atoms with Crippen LogP contribution in [0, 0.1) is 5.92 Å². The van der Waals surface area contributed by atoms with Crippen LogP contribution in [0.5, 0.6) is 0 Å². The number of carbonyl (C=O) groups excluding carboxylic acids is 1. The number of carbonyl (C=O) groups is 1. The highest BCUT2D eigenvalue weighted by Gasteiger charge is 2.22. The number of hydrogen-bond donors (Lipinski definition) is 2. The Kier molecular flexibility index (Phi) is 5.44. The topological polar surface area (TPSA) is 73.9 Å². The number of piperidine rings is 1. The molecule has 1 atom stereocenters. The molecule has 1 aliphatic heterocycles. The fourth-order valence-electron chi connectivity index (χ4n) is 3.79. The van der Waals surface area contributed by atoms with Crippen molar-refractivity contribution in [2.75, 3.05) is 19.6 Å².